The highest BCUT2D eigenvalue weighted by atomic mass is 32.1. The van der Waals surface area contributed by atoms with Gasteiger partial charge in [-0.3, -0.25) is 0 Å². The van der Waals surface area contributed by atoms with E-state index in [1.165, 1.54) is 154 Å². The zero-order valence-corrected chi connectivity index (χ0v) is 49.6. The summed E-state index contributed by atoms with van der Waals surface area (Å²) in [6.07, 6.45) is 0. The molecule has 86 heavy (non-hydrogen) atoms. The standard InChI is InChI=1S/C44H30OS.C38H22S2/c1-27-14-18-29(19-15-27)42-33-9-3-4-10-34(33)43(30-20-16-28(2)17-21-30)38-26-31(22-23-35(38)42)40-24-25-41(46-40)37-12-7-11-36-32-8-5-6-13-39(32)45-44(36)37;1-2-14-26-25(13-1)35(31-19-9-17-29-23-11-5-7-21-33(23)39-37(29)31)27-15-3-4-16-28(27)36(26)32-20-10-18-30-24-12-6-8-22-34(24)40-38(30)32/h3-26H,1-2H3;1-22H. The number of fused-ring (bicyclic) bond motifs is 13. The Kier molecular flexibility index (Phi) is 12.0. The molecule has 404 valence electrons. The molecular formula is C82H52OS3. The normalized spacial score (nSPS) is 11.8. The van der Waals surface area contributed by atoms with Crippen molar-refractivity contribution in [3.05, 3.63) is 290 Å². The van der Waals surface area contributed by atoms with Crippen LogP contribution in [0.3, 0.4) is 0 Å². The number of thiophene rings is 3. The lowest BCUT2D eigenvalue weighted by molar-refractivity contribution is 0.670. The van der Waals surface area contributed by atoms with Crippen LogP contribution in [0.15, 0.2) is 283 Å². The van der Waals surface area contributed by atoms with Gasteiger partial charge in [-0.15, -0.1) is 34.0 Å². The molecule has 0 aliphatic carbocycles. The zero-order chi connectivity index (χ0) is 57.0. The first-order chi connectivity index (χ1) is 42.5. The van der Waals surface area contributed by atoms with E-state index in [0.29, 0.717) is 0 Å². The number of aryl methyl sites for hydroxylation is 2. The second-order valence-corrected chi connectivity index (χ2v) is 25.8. The van der Waals surface area contributed by atoms with Crippen LogP contribution in [-0.2, 0) is 0 Å². The third-order valence-corrected chi connectivity index (χ3v) is 21.2. The number of benzene rings is 14. The Labute approximate surface area is 509 Å². The summed E-state index contributed by atoms with van der Waals surface area (Å²) >= 11 is 5.64. The monoisotopic (exact) mass is 1150 g/mol. The molecule has 0 spiro atoms. The molecule has 0 bridgehead atoms. The van der Waals surface area contributed by atoms with Gasteiger partial charge in [0, 0.05) is 77.6 Å². The van der Waals surface area contributed by atoms with Crippen LogP contribution in [-0.4, -0.2) is 0 Å². The highest BCUT2D eigenvalue weighted by Crippen LogP contribution is 2.51. The molecule has 18 rings (SSSR count). The first-order valence-electron chi connectivity index (χ1n) is 29.4. The fourth-order valence-corrected chi connectivity index (χ4v) is 17.0. The first kappa shape index (κ1) is 50.6. The summed E-state index contributed by atoms with van der Waals surface area (Å²) in [5.74, 6) is 0. The third kappa shape index (κ3) is 8.16. The van der Waals surface area contributed by atoms with E-state index in [4.69, 9.17) is 4.42 Å². The second-order valence-electron chi connectivity index (χ2n) is 22.6. The highest BCUT2D eigenvalue weighted by molar-refractivity contribution is 7.26. The minimum Gasteiger partial charge on any atom is -0.455 e. The number of hydrogen-bond acceptors (Lipinski definition) is 4. The Balaban J connectivity index is 0.000000136. The Morgan fingerprint density at radius 3 is 1.15 bits per heavy atom. The van der Waals surface area contributed by atoms with E-state index in [9.17, 15) is 0 Å². The minimum absolute atomic E-state index is 0.927. The van der Waals surface area contributed by atoms with Crippen molar-refractivity contribution in [3.8, 4) is 65.4 Å². The van der Waals surface area contributed by atoms with E-state index in [2.05, 4.69) is 281 Å². The number of furan rings is 1. The Hall–Kier alpha value is -9.94. The van der Waals surface area contributed by atoms with Gasteiger partial charge in [-0.25, -0.2) is 0 Å². The van der Waals surface area contributed by atoms with E-state index in [0.717, 1.165) is 27.5 Å². The van der Waals surface area contributed by atoms with Gasteiger partial charge < -0.3 is 4.42 Å². The molecule has 4 heteroatoms. The van der Waals surface area contributed by atoms with Gasteiger partial charge in [-0.1, -0.05) is 248 Å². The molecule has 0 unspecified atom stereocenters. The van der Waals surface area contributed by atoms with Gasteiger partial charge in [0.1, 0.15) is 11.2 Å². The molecule has 0 amide bonds. The number of hydrogen-bond donors (Lipinski definition) is 0. The van der Waals surface area contributed by atoms with Crippen molar-refractivity contribution in [2.24, 2.45) is 0 Å². The minimum atomic E-state index is 0.927. The molecule has 0 fully saturated rings. The number of para-hydroxylation sites is 2. The first-order valence-corrected chi connectivity index (χ1v) is 31.8. The molecule has 14 aromatic carbocycles. The quantitative estimate of drug-likeness (QED) is 0.151. The van der Waals surface area contributed by atoms with Gasteiger partial charge in [-0.05, 0) is 138 Å². The fourth-order valence-electron chi connectivity index (χ4n) is 13.6. The summed E-state index contributed by atoms with van der Waals surface area (Å²) in [7, 11) is 0. The average molecular weight is 1150 g/mol. The predicted octanol–water partition coefficient (Wildman–Crippen LogP) is 25.3. The van der Waals surface area contributed by atoms with Gasteiger partial charge in [0.25, 0.3) is 0 Å². The van der Waals surface area contributed by atoms with Crippen LogP contribution >= 0.6 is 34.0 Å². The van der Waals surface area contributed by atoms with Crippen LogP contribution in [0.25, 0.3) is 171 Å². The molecular weight excluding hydrogens is 1100 g/mol. The predicted molar refractivity (Wildman–Crippen MR) is 376 cm³/mol. The van der Waals surface area contributed by atoms with E-state index in [1.807, 2.05) is 46.1 Å². The largest absolute Gasteiger partial charge is 0.455 e. The SMILES string of the molecule is Cc1ccc(-c2c3ccccc3c(-c3ccc(C)cc3)c3cc(-c4ccc(-c5cccc6c5oc5ccccc56)s4)ccc23)cc1.c1ccc2c(c1)sc1c(-c3c4ccccc4c(-c4cccc5c4sc4ccccc45)c4ccccc34)cccc12. The Morgan fingerprint density at radius 1 is 0.244 bits per heavy atom. The third-order valence-electron chi connectivity index (χ3n) is 17.5. The van der Waals surface area contributed by atoms with E-state index in [-0.39, 0.29) is 0 Å². The number of rotatable bonds is 6. The lowest BCUT2D eigenvalue weighted by Gasteiger charge is -2.18. The molecule has 0 atom stereocenters. The lowest BCUT2D eigenvalue weighted by Crippen LogP contribution is -1.91. The summed E-state index contributed by atoms with van der Waals surface area (Å²) in [6, 6.07) is 102. The molecule has 0 aliphatic heterocycles. The zero-order valence-electron chi connectivity index (χ0n) is 47.2. The molecule has 0 saturated carbocycles. The summed E-state index contributed by atoms with van der Waals surface area (Å²) in [6.45, 7) is 4.30. The van der Waals surface area contributed by atoms with E-state index in [1.54, 1.807) is 0 Å². The molecule has 18 aromatic rings. The maximum atomic E-state index is 6.39. The van der Waals surface area contributed by atoms with Crippen LogP contribution in [0.5, 0.6) is 0 Å². The average Bonchev–Trinajstić information content (AvgIpc) is 1.15. The summed E-state index contributed by atoms with van der Waals surface area (Å²) in [4.78, 5) is 2.45. The van der Waals surface area contributed by atoms with Crippen molar-refractivity contribution >= 4 is 139 Å². The topological polar surface area (TPSA) is 13.1 Å². The summed E-state index contributed by atoms with van der Waals surface area (Å²) in [5, 5.41) is 18.0. The van der Waals surface area contributed by atoms with Crippen LogP contribution in [0.2, 0.25) is 0 Å². The van der Waals surface area contributed by atoms with E-state index < -0.39 is 0 Å². The van der Waals surface area contributed by atoms with Crippen LogP contribution in [0.1, 0.15) is 11.1 Å². The van der Waals surface area contributed by atoms with Crippen LogP contribution in [0.4, 0.5) is 0 Å². The molecule has 4 heterocycles. The summed E-state index contributed by atoms with van der Waals surface area (Å²) in [5.41, 5.74) is 17.1. The molecule has 4 aromatic heterocycles. The molecule has 1 nitrogen and oxygen atoms in total. The van der Waals surface area contributed by atoms with Crippen LogP contribution in [0, 0.1) is 13.8 Å². The van der Waals surface area contributed by atoms with E-state index >= 15 is 0 Å². The molecule has 0 N–H and O–H groups in total. The van der Waals surface area contributed by atoms with Crippen molar-refractivity contribution in [2.45, 2.75) is 13.8 Å². The molecule has 0 aliphatic rings. The highest BCUT2D eigenvalue weighted by Gasteiger charge is 2.23. The van der Waals surface area contributed by atoms with Crippen molar-refractivity contribution < 1.29 is 4.42 Å². The summed E-state index contributed by atoms with van der Waals surface area (Å²) < 4.78 is 11.8. The van der Waals surface area contributed by atoms with Gasteiger partial charge in [0.2, 0.25) is 0 Å². The Bertz CT molecular complexity index is 5500. The molecule has 0 saturated heterocycles. The maximum Gasteiger partial charge on any atom is 0.144 e. The van der Waals surface area contributed by atoms with Gasteiger partial charge >= 0.3 is 0 Å². The van der Waals surface area contributed by atoms with Gasteiger partial charge in [0.05, 0.1) is 0 Å². The second kappa shape index (κ2) is 20.4. The fraction of sp³-hybridized carbons (Fsp3) is 0.0244. The molecule has 0 radical (unpaired) electrons. The Morgan fingerprint density at radius 2 is 0.628 bits per heavy atom. The smallest absolute Gasteiger partial charge is 0.144 e. The van der Waals surface area contributed by atoms with Crippen molar-refractivity contribution in [1.82, 2.24) is 0 Å². The van der Waals surface area contributed by atoms with Crippen molar-refractivity contribution in [2.75, 3.05) is 0 Å². The van der Waals surface area contributed by atoms with Gasteiger partial charge in [0.15, 0.2) is 0 Å². The van der Waals surface area contributed by atoms with Crippen LogP contribution < -0.4 is 0 Å². The lowest BCUT2D eigenvalue weighted by atomic mass is 9.85. The van der Waals surface area contributed by atoms with Crippen molar-refractivity contribution in [3.63, 3.8) is 0 Å². The maximum absolute atomic E-state index is 6.39. The van der Waals surface area contributed by atoms with Crippen molar-refractivity contribution in [1.29, 1.82) is 0 Å². The van der Waals surface area contributed by atoms with Gasteiger partial charge in [-0.2, -0.15) is 0 Å².